The highest BCUT2D eigenvalue weighted by Crippen LogP contribution is 2.27. The molecule has 2 amide bonds. The van der Waals surface area contributed by atoms with Crippen molar-refractivity contribution in [3.05, 3.63) is 66.5 Å². The first-order valence-corrected chi connectivity index (χ1v) is 11.0. The van der Waals surface area contributed by atoms with Crippen molar-refractivity contribution in [2.75, 3.05) is 16.9 Å². The molecule has 0 saturated carbocycles. The summed E-state index contributed by atoms with van der Waals surface area (Å²) < 4.78 is 1.84. The molecule has 0 aliphatic carbocycles. The number of aromatic nitrogens is 3. The number of carbonyl (C=O) groups is 2. The molecule has 0 spiro atoms. The van der Waals surface area contributed by atoms with Gasteiger partial charge in [0.15, 0.2) is 5.16 Å². The van der Waals surface area contributed by atoms with E-state index in [1.807, 2.05) is 54.1 Å². The van der Waals surface area contributed by atoms with Gasteiger partial charge in [-0.05, 0) is 48.2 Å². The zero-order valence-corrected chi connectivity index (χ0v) is 17.3. The van der Waals surface area contributed by atoms with Crippen LogP contribution in [0.5, 0.6) is 0 Å². The Labute approximate surface area is 176 Å². The minimum absolute atomic E-state index is 0.119. The van der Waals surface area contributed by atoms with Gasteiger partial charge in [-0.25, -0.2) is 0 Å². The van der Waals surface area contributed by atoms with Gasteiger partial charge in [-0.2, -0.15) is 0 Å². The molecule has 1 saturated heterocycles. The largest absolute Gasteiger partial charge is 0.324 e. The van der Waals surface area contributed by atoms with Crippen LogP contribution in [0, 0.1) is 0 Å². The van der Waals surface area contributed by atoms with Crippen LogP contribution < -0.4 is 5.32 Å². The third kappa shape index (κ3) is 4.46. The molecule has 1 N–H and O–H groups in total. The van der Waals surface area contributed by atoms with Crippen LogP contribution in [-0.4, -0.2) is 49.2 Å². The zero-order chi connectivity index (χ0) is 20.2. The summed E-state index contributed by atoms with van der Waals surface area (Å²) in [6.07, 6.45) is 1.65. The number of amides is 2. The Bertz CT molecular complexity index is 1010. The first-order chi connectivity index (χ1) is 14.1. The van der Waals surface area contributed by atoms with E-state index in [2.05, 4.69) is 15.5 Å². The second-order valence-electron chi connectivity index (χ2n) is 6.50. The minimum atomic E-state index is -0.486. The Kier molecular flexibility index (Phi) is 5.86. The van der Waals surface area contributed by atoms with Crippen molar-refractivity contribution in [2.24, 2.45) is 7.05 Å². The molecule has 1 atom stereocenters. The number of hydrogen-bond acceptors (Lipinski definition) is 6. The van der Waals surface area contributed by atoms with Crippen LogP contribution in [0.25, 0.3) is 0 Å². The molecule has 0 bridgehead atoms. The van der Waals surface area contributed by atoms with Crippen LogP contribution in [-0.2, 0) is 11.8 Å². The predicted molar refractivity (Wildman–Crippen MR) is 114 cm³/mol. The van der Waals surface area contributed by atoms with E-state index in [4.69, 9.17) is 0 Å². The van der Waals surface area contributed by atoms with Crippen LogP contribution in [0.3, 0.4) is 0 Å². The Morgan fingerprint density at radius 2 is 1.90 bits per heavy atom. The number of anilines is 1. The molecule has 1 aromatic heterocycles. The third-order valence-corrected chi connectivity index (χ3v) is 6.54. The lowest BCUT2D eigenvalue weighted by atomic mass is 10.1. The number of thioether (sulfide) groups is 1. The lowest BCUT2D eigenvalue weighted by Crippen LogP contribution is -2.44. The van der Waals surface area contributed by atoms with Crippen molar-refractivity contribution in [3.8, 4) is 0 Å². The molecule has 9 heteroatoms. The Morgan fingerprint density at radius 3 is 2.59 bits per heavy atom. The standard InChI is InChI=1S/C20H19N5O2S2/c1-24-12-21-23-20(24)29-16-9-7-15(8-10-16)22-18(26)17-11-28-13-25(17)19(27)14-5-3-2-4-6-14/h2-10,12,17H,11,13H2,1H3,(H,22,26). The molecule has 29 heavy (non-hydrogen) atoms. The maximum Gasteiger partial charge on any atom is 0.255 e. The molecular formula is C20H19N5O2S2. The van der Waals surface area contributed by atoms with E-state index < -0.39 is 6.04 Å². The van der Waals surface area contributed by atoms with Gasteiger partial charge in [0, 0.05) is 28.9 Å². The van der Waals surface area contributed by atoms with Gasteiger partial charge >= 0.3 is 0 Å². The normalized spacial score (nSPS) is 16.0. The topological polar surface area (TPSA) is 80.1 Å². The van der Waals surface area contributed by atoms with Crippen molar-refractivity contribution in [2.45, 2.75) is 16.1 Å². The van der Waals surface area contributed by atoms with Crippen molar-refractivity contribution in [1.29, 1.82) is 0 Å². The van der Waals surface area contributed by atoms with E-state index >= 15 is 0 Å². The fourth-order valence-corrected chi connectivity index (χ4v) is 4.82. The van der Waals surface area contributed by atoms with Crippen molar-refractivity contribution >= 4 is 41.0 Å². The molecule has 1 aliphatic heterocycles. The van der Waals surface area contributed by atoms with Gasteiger partial charge < -0.3 is 14.8 Å². The van der Waals surface area contributed by atoms with Gasteiger partial charge in [-0.15, -0.1) is 22.0 Å². The minimum Gasteiger partial charge on any atom is -0.324 e. The predicted octanol–water partition coefficient (Wildman–Crippen LogP) is 3.12. The summed E-state index contributed by atoms with van der Waals surface area (Å²) >= 11 is 3.08. The van der Waals surface area contributed by atoms with Gasteiger partial charge in [0.25, 0.3) is 5.91 Å². The van der Waals surface area contributed by atoms with Crippen molar-refractivity contribution in [3.63, 3.8) is 0 Å². The molecule has 3 aromatic rings. The highest BCUT2D eigenvalue weighted by Gasteiger charge is 2.35. The zero-order valence-electron chi connectivity index (χ0n) is 15.7. The lowest BCUT2D eigenvalue weighted by Gasteiger charge is -2.23. The Hall–Kier alpha value is -2.78. The van der Waals surface area contributed by atoms with Gasteiger partial charge in [0.05, 0.1) is 5.88 Å². The maximum atomic E-state index is 12.8. The number of hydrogen-bond donors (Lipinski definition) is 1. The highest BCUT2D eigenvalue weighted by molar-refractivity contribution is 7.99. The highest BCUT2D eigenvalue weighted by atomic mass is 32.2. The van der Waals surface area contributed by atoms with Gasteiger partial charge in [-0.1, -0.05) is 18.2 Å². The second kappa shape index (κ2) is 8.71. The molecular weight excluding hydrogens is 406 g/mol. The molecule has 4 rings (SSSR count). The van der Waals surface area contributed by atoms with E-state index in [0.29, 0.717) is 22.9 Å². The van der Waals surface area contributed by atoms with E-state index in [1.54, 1.807) is 35.1 Å². The van der Waals surface area contributed by atoms with Crippen LogP contribution in [0.4, 0.5) is 5.69 Å². The van der Waals surface area contributed by atoms with Gasteiger partial charge in [-0.3, -0.25) is 9.59 Å². The lowest BCUT2D eigenvalue weighted by molar-refractivity contribution is -0.119. The number of aryl methyl sites for hydroxylation is 1. The molecule has 0 radical (unpaired) electrons. The van der Waals surface area contributed by atoms with Crippen LogP contribution in [0.2, 0.25) is 0 Å². The Balaban J connectivity index is 1.40. The summed E-state index contributed by atoms with van der Waals surface area (Å²) in [5.41, 5.74) is 1.29. The monoisotopic (exact) mass is 425 g/mol. The SMILES string of the molecule is Cn1cnnc1Sc1ccc(NC(=O)C2CSCN2C(=O)c2ccccc2)cc1. The first kappa shape index (κ1) is 19.5. The fourth-order valence-electron chi connectivity index (χ4n) is 2.91. The molecule has 1 aliphatic rings. The molecule has 1 unspecified atom stereocenters. The van der Waals surface area contributed by atoms with Crippen molar-refractivity contribution < 1.29 is 9.59 Å². The Morgan fingerprint density at radius 1 is 1.14 bits per heavy atom. The summed E-state index contributed by atoms with van der Waals surface area (Å²) in [6, 6.07) is 16.1. The van der Waals surface area contributed by atoms with E-state index in [0.717, 1.165) is 10.1 Å². The average Bonchev–Trinajstić information content (AvgIpc) is 3.39. The van der Waals surface area contributed by atoms with Crippen LogP contribution in [0.1, 0.15) is 10.4 Å². The van der Waals surface area contributed by atoms with E-state index in [1.165, 1.54) is 11.8 Å². The number of nitrogens with one attached hydrogen (secondary N) is 1. The molecule has 2 aromatic carbocycles. The number of nitrogens with zero attached hydrogens (tertiary/aromatic N) is 4. The quantitative estimate of drug-likeness (QED) is 0.677. The molecule has 1 fully saturated rings. The summed E-state index contributed by atoms with van der Waals surface area (Å²) in [6.45, 7) is 0. The average molecular weight is 426 g/mol. The van der Waals surface area contributed by atoms with E-state index in [9.17, 15) is 9.59 Å². The summed E-state index contributed by atoms with van der Waals surface area (Å²) in [5.74, 6) is 0.808. The van der Waals surface area contributed by atoms with Gasteiger partial charge in [0.2, 0.25) is 5.91 Å². The maximum absolute atomic E-state index is 12.8. The van der Waals surface area contributed by atoms with Crippen molar-refractivity contribution in [1.82, 2.24) is 19.7 Å². The molecule has 2 heterocycles. The number of rotatable bonds is 5. The summed E-state index contributed by atoms with van der Waals surface area (Å²) in [5, 5.41) is 11.6. The first-order valence-electron chi connectivity index (χ1n) is 8.98. The van der Waals surface area contributed by atoms with Crippen LogP contribution in [0.15, 0.2) is 71.0 Å². The second-order valence-corrected chi connectivity index (χ2v) is 8.54. The van der Waals surface area contributed by atoms with Gasteiger partial charge in [0.1, 0.15) is 12.4 Å². The molecule has 148 valence electrons. The number of carbonyl (C=O) groups excluding carboxylic acids is 2. The fraction of sp³-hybridized carbons (Fsp3) is 0.200. The molecule has 7 nitrogen and oxygen atoms in total. The van der Waals surface area contributed by atoms with E-state index in [-0.39, 0.29) is 11.8 Å². The summed E-state index contributed by atoms with van der Waals surface area (Å²) in [7, 11) is 1.89. The third-order valence-electron chi connectivity index (χ3n) is 4.47. The smallest absolute Gasteiger partial charge is 0.255 e. The van der Waals surface area contributed by atoms with Crippen LogP contribution >= 0.6 is 23.5 Å². The number of benzene rings is 2. The summed E-state index contributed by atoms with van der Waals surface area (Å²) in [4.78, 5) is 28.2.